The molecule has 0 unspecified atom stereocenters. The molecule has 6 heteroatoms. The van der Waals surface area contributed by atoms with E-state index in [-0.39, 0.29) is 5.57 Å². The van der Waals surface area contributed by atoms with E-state index < -0.39 is 5.91 Å². The van der Waals surface area contributed by atoms with Crippen LogP contribution in [-0.4, -0.2) is 33.3 Å². The van der Waals surface area contributed by atoms with Crippen molar-refractivity contribution < 1.29 is 10.0 Å². The summed E-state index contributed by atoms with van der Waals surface area (Å²) in [6.07, 6.45) is 4.19. The summed E-state index contributed by atoms with van der Waals surface area (Å²) in [6, 6.07) is 6.19. The third-order valence-electron chi connectivity index (χ3n) is 4.42. The van der Waals surface area contributed by atoms with Crippen LogP contribution in [0, 0.1) is 0 Å². The fraction of sp³-hybridized carbons (Fsp3) is 0.500. The van der Waals surface area contributed by atoms with E-state index in [9.17, 15) is 4.79 Å². The molecule has 0 fully saturated rings. The minimum Gasteiger partial charge on any atom is -0.328 e. The molecule has 0 aliphatic carbocycles. The maximum atomic E-state index is 11.6. The van der Waals surface area contributed by atoms with Crippen molar-refractivity contribution in [2.45, 2.75) is 59.0 Å². The molecule has 0 aliphatic rings. The lowest BCUT2D eigenvalue weighted by molar-refractivity contribution is -0.123. The third kappa shape index (κ3) is 4.93. The number of hydrogen-bond donors (Lipinski definition) is 3. The molecule has 0 saturated heterocycles. The Bertz CT molecular complexity index is 765. The number of aromatic nitrogens is 2. The molecule has 0 bridgehead atoms. The average molecular weight is 358 g/mol. The zero-order chi connectivity index (χ0) is 19.1. The van der Waals surface area contributed by atoms with E-state index >= 15 is 0 Å². The van der Waals surface area contributed by atoms with Crippen molar-refractivity contribution >= 4 is 22.5 Å². The van der Waals surface area contributed by atoms with E-state index in [0.717, 1.165) is 55.6 Å². The molecule has 142 valence electrons. The molecule has 0 spiro atoms. The van der Waals surface area contributed by atoms with Crippen molar-refractivity contribution in [3.8, 4) is 0 Å². The van der Waals surface area contributed by atoms with Crippen LogP contribution in [0.15, 0.2) is 24.8 Å². The second kappa shape index (κ2) is 9.50. The summed E-state index contributed by atoms with van der Waals surface area (Å²) >= 11 is 0. The molecule has 1 heterocycles. The second-order valence-electron chi connectivity index (χ2n) is 6.87. The van der Waals surface area contributed by atoms with Gasteiger partial charge in [0.05, 0.1) is 11.0 Å². The minimum absolute atomic E-state index is 0.222. The van der Waals surface area contributed by atoms with Crippen LogP contribution in [0.25, 0.3) is 16.6 Å². The van der Waals surface area contributed by atoms with Gasteiger partial charge in [0.25, 0.3) is 5.91 Å². The van der Waals surface area contributed by atoms with E-state index in [2.05, 4.69) is 37.2 Å². The average Bonchev–Trinajstić information content (AvgIpc) is 2.98. The molecule has 1 amide bonds. The van der Waals surface area contributed by atoms with E-state index in [1.54, 1.807) is 5.48 Å². The Morgan fingerprint density at radius 1 is 1.35 bits per heavy atom. The van der Waals surface area contributed by atoms with Gasteiger partial charge < -0.3 is 9.88 Å². The SMILES string of the molecule is C=C(C(=O)NO)c1ccc2c(c1)nc(CCCC)n2CCCNC(C)C. The number of benzene rings is 1. The first-order chi connectivity index (χ1) is 12.5. The third-order valence-corrected chi connectivity index (χ3v) is 4.42. The van der Waals surface area contributed by atoms with E-state index in [0.29, 0.717) is 11.6 Å². The lowest BCUT2D eigenvalue weighted by atomic mass is 10.1. The molecule has 2 rings (SSSR count). The van der Waals surface area contributed by atoms with Crippen molar-refractivity contribution in [2.75, 3.05) is 6.54 Å². The molecule has 3 N–H and O–H groups in total. The van der Waals surface area contributed by atoms with Gasteiger partial charge in [0.2, 0.25) is 0 Å². The van der Waals surface area contributed by atoms with Crippen molar-refractivity contribution in [1.29, 1.82) is 0 Å². The quantitative estimate of drug-likeness (QED) is 0.264. The summed E-state index contributed by atoms with van der Waals surface area (Å²) < 4.78 is 2.28. The number of hydroxylamine groups is 1. The Hall–Kier alpha value is -2.18. The van der Waals surface area contributed by atoms with E-state index in [1.807, 2.05) is 18.2 Å². The number of carbonyl (C=O) groups is 1. The predicted octanol–water partition coefficient (Wildman–Crippen LogP) is 3.29. The van der Waals surface area contributed by atoms with Crippen molar-refractivity contribution in [1.82, 2.24) is 20.3 Å². The topological polar surface area (TPSA) is 79.2 Å². The Morgan fingerprint density at radius 2 is 2.12 bits per heavy atom. The monoisotopic (exact) mass is 358 g/mol. The summed E-state index contributed by atoms with van der Waals surface area (Å²) in [5, 5.41) is 12.2. The highest BCUT2D eigenvalue weighted by atomic mass is 16.5. The lowest BCUT2D eigenvalue weighted by Gasteiger charge is -2.11. The van der Waals surface area contributed by atoms with Gasteiger partial charge in [-0.1, -0.05) is 39.8 Å². The van der Waals surface area contributed by atoms with Crippen LogP contribution in [0.3, 0.4) is 0 Å². The first-order valence-electron chi connectivity index (χ1n) is 9.34. The zero-order valence-corrected chi connectivity index (χ0v) is 16.0. The highest BCUT2D eigenvalue weighted by Crippen LogP contribution is 2.23. The number of imidazole rings is 1. The van der Waals surface area contributed by atoms with Crippen LogP contribution in [0.2, 0.25) is 0 Å². The standard InChI is InChI=1S/C20H30N4O2/c1-5-6-8-19-22-17-13-16(15(4)20(25)23-26)9-10-18(17)24(19)12-7-11-21-14(2)3/h9-10,13-14,21,26H,4-8,11-12H2,1-3H3,(H,23,25). The van der Waals surface area contributed by atoms with Crippen LogP contribution < -0.4 is 10.8 Å². The highest BCUT2D eigenvalue weighted by molar-refractivity contribution is 6.18. The Balaban J connectivity index is 2.28. The molecular weight excluding hydrogens is 328 g/mol. The lowest BCUT2D eigenvalue weighted by Crippen LogP contribution is -2.24. The van der Waals surface area contributed by atoms with Crippen molar-refractivity contribution in [2.24, 2.45) is 0 Å². The molecule has 2 aromatic rings. The van der Waals surface area contributed by atoms with Gasteiger partial charge in [-0.2, -0.15) is 0 Å². The van der Waals surface area contributed by atoms with Crippen molar-refractivity contribution in [3.05, 3.63) is 36.2 Å². The van der Waals surface area contributed by atoms with Crippen LogP contribution in [-0.2, 0) is 17.8 Å². The fourth-order valence-electron chi connectivity index (χ4n) is 2.97. The molecular formula is C20H30N4O2. The summed E-state index contributed by atoms with van der Waals surface area (Å²) in [5.41, 5.74) is 4.44. The van der Waals surface area contributed by atoms with E-state index in [1.165, 1.54) is 0 Å². The summed E-state index contributed by atoms with van der Waals surface area (Å²) in [6.45, 7) is 12.1. The first kappa shape index (κ1) is 20.1. The van der Waals surface area contributed by atoms with Crippen LogP contribution in [0.5, 0.6) is 0 Å². The first-order valence-corrected chi connectivity index (χ1v) is 9.34. The highest BCUT2D eigenvalue weighted by Gasteiger charge is 2.14. The van der Waals surface area contributed by atoms with Crippen LogP contribution in [0.1, 0.15) is 51.4 Å². The molecule has 1 aromatic heterocycles. The number of amides is 1. The number of nitrogens with one attached hydrogen (secondary N) is 2. The zero-order valence-electron chi connectivity index (χ0n) is 16.0. The number of aryl methyl sites for hydroxylation is 2. The Labute approximate surface area is 155 Å². The summed E-state index contributed by atoms with van der Waals surface area (Å²) in [4.78, 5) is 16.4. The van der Waals surface area contributed by atoms with Gasteiger partial charge in [0, 0.05) is 24.6 Å². The van der Waals surface area contributed by atoms with Gasteiger partial charge in [-0.3, -0.25) is 10.0 Å². The number of nitrogens with zero attached hydrogens (tertiary/aromatic N) is 2. The minimum atomic E-state index is -0.602. The fourth-order valence-corrected chi connectivity index (χ4v) is 2.97. The Morgan fingerprint density at radius 3 is 2.77 bits per heavy atom. The van der Waals surface area contributed by atoms with Gasteiger partial charge in [0.15, 0.2) is 0 Å². The van der Waals surface area contributed by atoms with Crippen LogP contribution >= 0.6 is 0 Å². The number of hydrogen-bond acceptors (Lipinski definition) is 4. The molecule has 0 aliphatic heterocycles. The molecule has 0 radical (unpaired) electrons. The number of unbranched alkanes of at least 4 members (excludes halogenated alkanes) is 1. The molecule has 1 aromatic carbocycles. The smallest absolute Gasteiger partial charge is 0.274 e. The number of fused-ring (bicyclic) bond motifs is 1. The largest absolute Gasteiger partial charge is 0.328 e. The number of carbonyl (C=O) groups excluding carboxylic acids is 1. The second-order valence-corrected chi connectivity index (χ2v) is 6.87. The van der Waals surface area contributed by atoms with Gasteiger partial charge in [0.1, 0.15) is 5.82 Å². The van der Waals surface area contributed by atoms with E-state index in [4.69, 9.17) is 10.2 Å². The number of rotatable bonds is 10. The summed E-state index contributed by atoms with van der Waals surface area (Å²) in [7, 11) is 0. The molecule has 0 saturated carbocycles. The normalized spacial score (nSPS) is 11.3. The maximum absolute atomic E-state index is 11.6. The maximum Gasteiger partial charge on any atom is 0.274 e. The van der Waals surface area contributed by atoms with Crippen molar-refractivity contribution in [3.63, 3.8) is 0 Å². The molecule has 6 nitrogen and oxygen atoms in total. The predicted molar refractivity (Wildman–Crippen MR) is 105 cm³/mol. The summed E-state index contributed by atoms with van der Waals surface area (Å²) in [5.74, 6) is 0.482. The van der Waals surface area contributed by atoms with Gasteiger partial charge >= 0.3 is 0 Å². The Kier molecular flexibility index (Phi) is 7.36. The van der Waals surface area contributed by atoms with Gasteiger partial charge in [-0.05, 0) is 37.1 Å². The molecule has 0 atom stereocenters. The molecule has 26 heavy (non-hydrogen) atoms. The van der Waals surface area contributed by atoms with Gasteiger partial charge in [-0.25, -0.2) is 10.5 Å². The van der Waals surface area contributed by atoms with Crippen LogP contribution in [0.4, 0.5) is 0 Å². The van der Waals surface area contributed by atoms with Gasteiger partial charge in [-0.15, -0.1) is 0 Å².